The van der Waals surface area contributed by atoms with Crippen LogP contribution in [0.25, 0.3) is 0 Å². The monoisotopic (exact) mass is 476 g/mol. The second kappa shape index (κ2) is 11.3. The largest absolute Gasteiger partial charge is 0.493 e. The summed E-state index contributed by atoms with van der Waals surface area (Å²) >= 11 is 2.73. The maximum Gasteiger partial charge on any atom is 0.236 e. The normalized spacial score (nSPS) is 12.1. The van der Waals surface area contributed by atoms with Gasteiger partial charge in [0.1, 0.15) is 5.01 Å². The molecule has 0 saturated heterocycles. The minimum atomic E-state index is -0.359. The lowest BCUT2D eigenvalue weighted by atomic mass is 10.3. The van der Waals surface area contributed by atoms with E-state index in [0.717, 1.165) is 17.8 Å². The van der Waals surface area contributed by atoms with E-state index in [9.17, 15) is 4.79 Å². The van der Waals surface area contributed by atoms with Gasteiger partial charge >= 0.3 is 0 Å². The molecule has 1 N–H and O–H groups in total. The summed E-state index contributed by atoms with van der Waals surface area (Å²) in [6.07, 6.45) is 1.49. The van der Waals surface area contributed by atoms with Gasteiger partial charge in [-0.15, -0.1) is 20.4 Å². The molecule has 2 aromatic heterocycles. The van der Waals surface area contributed by atoms with Gasteiger partial charge in [-0.3, -0.25) is 10.1 Å². The van der Waals surface area contributed by atoms with Crippen LogP contribution in [-0.2, 0) is 11.2 Å². The first-order chi connectivity index (χ1) is 15.4. The van der Waals surface area contributed by atoms with Crippen LogP contribution in [-0.4, -0.2) is 43.7 Å². The Morgan fingerprint density at radius 3 is 2.59 bits per heavy atom. The van der Waals surface area contributed by atoms with Gasteiger partial charge in [-0.25, -0.2) is 0 Å². The molecule has 172 valence electrons. The maximum absolute atomic E-state index is 12.4. The number of methoxy groups -OCH3 is 1. The molecule has 0 radical (unpaired) electrons. The van der Waals surface area contributed by atoms with Crippen molar-refractivity contribution in [2.24, 2.45) is 0 Å². The molecule has 3 aromatic rings. The first-order valence-electron chi connectivity index (χ1n) is 10.4. The van der Waals surface area contributed by atoms with Crippen molar-refractivity contribution in [1.82, 2.24) is 25.0 Å². The van der Waals surface area contributed by atoms with Gasteiger partial charge in [-0.2, -0.15) is 0 Å². The van der Waals surface area contributed by atoms with E-state index < -0.39 is 0 Å². The summed E-state index contributed by atoms with van der Waals surface area (Å²) in [7, 11) is 1.61. The Hall–Kier alpha value is -2.66. The van der Waals surface area contributed by atoms with Crippen molar-refractivity contribution >= 4 is 34.1 Å². The Balaban J connectivity index is 1.66. The second-order valence-electron chi connectivity index (χ2n) is 7.30. The van der Waals surface area contributed by atoms with E-state index in [0.29, 0.717) is 27.6 Å². The molecule has 1 unspecified atom stereocenters. The lowest BCUT2D eigenvalue weighted by molar-refractivity contribution is -0.113. The molecular formula is C21H28N6O3S2. The fourth-order valence-electron chi connectivity index (χ4n) is 3.01. The van der Waals surface area contributed by atoms with Crippen LogP contribution in [0, 0.1) is 0 Å². The zero-order valence-electron chi connectivity index (χ0n) is 18.9. The van der Waals surface area contributed by atoms with Gasteiger partial charge in [0.25, 0.3) is 0 Å². The molecule has 0 fully saturated rings. The van der Waals surface area contributed by atoms with Crippen LogP contribution in [0.3, 0.4) is 0 Å². The highest BCUT2D eigenvalue weighted by atomic mass is 32.2. The molecule has 32 heavy (non-hydrogen) atoms. The van der Waals surface area contributed by atoms with Gasteiger partial charge in [0.15, 0.2) is 28.6 Å². The summed E-state index contributed by atoms with van der Waals surface area (Å²) in [6.45, 7) is 8.09. The Kier molecular flexibility index (Phi) is 8.46. The molecule has 1 atom stereocenters. The average Bonchev–Trinajstić information content (AvgIpc) is 3.40. The van der Waals surface area contributed by atoms with Gasteiger partial charge in [0.2, 0.25) is 11.0 Å². The number of hydrogen-bond acceptors (Lipinski definition) is 9. The van der Waals surface area contributed by atoms with Crippen LogP contribution >= 0.6 is 23.1 Å². The summed E-state index contributed by atoms with van der Waals surface area (Å²) < 4.78 is 13.5. The number of aromatic nitrogens is 5. The fourth-order valence-corrected chi connectivity index (χ4v) is 4.75. The molecule has 0 aliphatic rings. The minimum Gasteiger partial charge on any atom is -0.493 e. The van der Waals surface area contributed by atoms with E-state index in [4.69, 9.17) is 9.47 Å². The Bertz CT molecular complexity index is 1040. The Morgan fingerprint density at radius 2 is 1.91 bits per heavy atom. The summed E-state index contributed by atoms with van der Waals surface area (Å²) in [6, 6.07) is 7.57. The maximum atomic E-state index is 12.4. The van der Waals surface area contributed by atoms with E-state index in [1.165, 1.54) is 23.1 Å². The van der Waals surface area contributed by atoms with Gasteiger partial charge in [0, 0.05) is 12.5 Å². The van der Waals surface area contributed by atoms with E-state index in [2.05, 4.69) is 32.6 Å². The molecule has 0 spiro atoms. The van der Waals surface area contributed by atoms with Crippen LogP contribution in [0.1, 0.15) is 57.1 Å². The molecule has 1 amide bonds. The third-order valence-electron chi connectivity index (χ3n) is 4.45. The molecular weight excluding hydrogens is 448 g/mol. The summed E-state index contributed by atoms with van der Waals surface area (Å²) in [4.78, 5) is 12.4. The molecule has 11 heteroatoms. The van der Waals surface area contributed by atoms with Crippen molar-refractivity contribution in [3.63, 3.8) is 0 Å². The predicted octanol–water partition coefficient (Wildman–Crippen LogP) is 4.54. The summed E-state index contributed by atoms with van der Waals surface area (Å²) in [5.41, 5.74) is 0. The van der Waals surface area contributed by atoms with Gasteiger partial charge < -0.3 is 14.0 Å². The highest BCUT2D eigenvalue weighted by Gasteiger charge is 2.23. The number of anilines is 1. The zero-order valence-corrected chi connectivity index (χ0v) is 20.5. The van der Waals surface area contributed by atoms with Crippen molar-refractivity contribution in [1.29, 1.82) is 0 Å². The molecule has 3 rings (SSSR count). The van der Waals surface area contributed by atoms with Crippen LogP contribution in [0.5, 0.6) is 11.5 Å². The molecule has 9 nitrogen and oxygen atoms in total. The van der Waals surface area contributed by atoms with Crippen molar-refractivity contribution < 1.29 is 14.3 Å². The molecule has 0 aliphatic heterocycles. The fraction of sp³-hybridized carbons (Fsp3) is 0.476. The summed E-state index contributed by atoms with van der Waals surface area (Å²) in [5.74, 6) is 2.00. The van der Waals surface area contributed by atoms with Crippen LogP contribution in [0.2, 0.25) is 0 Å². The van der Waals surface area contributed by atoms with E-state index in [1.54, 1.807) is 7.11 Å². The second-order valence-corrected chi connectivity index (χ2v) is 9.31. The smallest absolute Gasteiger partial charge is 0.236 e. The van der Waals surface area contributed by atoms with Crippen molar-refractivity contribution in [3.8, 4) is 11.5 Å². The minimum absolute atomic E-state index is 0.0917. The van der Waals surface area contributed by atoms with Gasteiger partial charge in [0.05, 0.1) is 12.9 Å². The van der Waals surface area contributed by atoms with Crippen LogP contribution in [0.4, 0.5) is 5.13 Å². The standard InChI is InChI=1S/C21H28N6O3S2/c1-6-9-18-23-25-20(32-18)22-17(28)12-31-21-26-24-19(27(21)13(2)3)14(4)30-16-11-8-7-10-15(16)29-5/h7-8,10-11,13-14H,6,9,12H2,1-5H3,(H,22,25,28). The predicted molar refractivity (Wildman–Crippen MR) is 126 cm³/mol. The van der Waals surface area contributed by atoms with E-state index in [-0.39, 0.29) is 23.8 Å². The third kappa shape index (κ3) is 5.98. The van der Waals surface area contributed by atoms with Crippen molar-refractivity contribution in [3.05, 3.63) is 35.1 Å². The molecule has 0 aliphatic carbocycles. The summed E-state index contributed by atoms with van der Waals surface area (Å²) in [5, 5.41) is 21.7. The first kappa shape index (κ1) is 24.0. The first-order valence-corrected chi connectivity index (χ1v) is 12.2. The van der Waals surface area contributed by atoms with Crippen molar-refractivity contribution in [2.75, 3.05) is 18.2 Å². The topological polar surface area (TPSA) is 104 Å². The number of carbonyl (C=O) groups excluding carboxylic acids is 1. The number of amides is 1. The molecule has 0 saturated carbocycles. The van der Waals surface area contributed by atoms with Gasteiger partial charge in [-0.1, -0.05) is 42.2 Å². The van der Waals surface area contributed by atoms with E-state index in [1.807, 2.05) is 49.6 Å². The van der Waals surface area contributed by atoms with Crippen LogP contribution in [0.15, 0.2) is 29.4 Å². The Morgan fingerprint density at radius 1 is 1.16 bits per heavy atom. The number of ether oxygens (including phenoxy) is 2. The van der Waals surface area contributed by atoms with E-state index >= 15 is 0 Å². The highest BCUT2D eigenvalue weighted by molar-refractivity contribution is 7.99. The number of hydrogen-bond donors (Lipinski definition) is 1. The SMILES string of the molecule is CCCc1nnc(NC(=O)CSc2nnc(C(C)Oc3ccccc3OC)n2C(C)C)s1. The number of nitrogens with one attached hydrogen (secondary N) is 1. The number of para-hydroxylation sites is 2. The molecule has 1 aromatic carbocycles. The quantitative estimate of drug-likeness (QED) is 0.402. The number of aryl methyl sites for hydroxylation is 1. The molecule has 2 heterocycles. The average molecular weight is 477 g/mol. The van der Waals surface area contributed by atoms with Crippen LogP contribution < -0.4 is 14.8 Å². The number of benzene rings is 1. The number of nitrogens with zero attached hydrogens (tertiary/aromatic N) is 5. The highest BCUT2D eigenvalue weighted by Crippen LogP contribution is 2.32. The lowest BCUT2D eigenvalue weighted by Gasteiger charge is -2.19. The molecule has 0 bridgehead atoms. The van der Waals surface area contributed by atoms with Gasteiger partial charge in [-0.05, 0) is 39.3 Å². The number of thioether (sulfide) groups is 1. The number of carbonyl (C=O) groups is 1. The lowest BCUT2D eigenvalue weighted by Crippen LogP contribution is -2.16. The number of rotatable bonds is 11. The van der Waals surface area contributed by atoms with Crippen molar-refractivity contribution in [2.45, 2.75) is 57.8 Å². The zero-order chi connectivity index (χ0) is 23.1. The Labute approximate surface area is 195 Å². The third-order valence-corrected chi connectivity index (χ3v) is 6.29.